The summed E-state index contributed by atoms with van der Waals surface area (Å²) in [5.74, 6) is 4.48. The van der Waals surface area contributed by atoms with Gasteiger partial charge in [0.25, 0.3) is 23.6 Å². The second-order valence-electron chi connectivity index (χ2n) is 10.4. The number of carbonyl (C=O) groups is 4. The number of fused-ring (bicyclic) bond motifs is 2. The van der Waals surface area contributed by atoms with Crippen molar-refractivity contribution >= 4 is 29.3 Å². The average molecular weight is 556 g/mol. The van der Waals surface area contributed by atoms with Crippen LogP contribution in [0.1, 0.15) is 91.3 Å². The fourth-order valence-corrected chi connectivity index (χ4v) is 5.75. The molecular formula is C30H29N5O6. The maximum absolute atomic E-state index is 13.6. The van der Waals surface area contributed by atoms with E-state index in [1.807, 2.05) is 35.8 Å². The largest absolute Gasteiger partial charge is 0.493 e. The maximum atomic E-state index is 13.6. The molecule has 0 spiro atoms. The van der Waals surface area contributed by atoms with E-state index >= 15 is 0 Å². The number of nitrogens with zero attached hydrogens (tertiary/aromatic N) is 3. The number of nitrogens with one attached hydrogen (secondary N) is 1. The zero-order chi connectivity index (χ0) is 28.8. The molecule has 210 valence electrons. The number of carbonyl (C=O) groups excluding carboxylic acids is 4. The van der Waals surface area contributed by atoms with Crippen LogP contribution in [0, 0.1) is 0 Å². The number of pyridine rings is 1. The van der Waals surface area contributed by atoms with Gasteiger partial charge in [0.05, 0.1) is 36.9 Å². The number of benzene rings is 2. The predicted octanol–water partition coefficient (Wildman–Crippen LogP) is 3.53. The smallest absolute Gasteiger partial charge is 0.283 e. The van der Waals surface area contributed by atoms with Gasteiger partial charge in [-0.05, 0) is 68.0 Å². The van der Waals surface area contributed by atoms with Gasteiger partial charge in [0.1, 0.15) is 5.69 Å². The van der Waals surface area contributed by atoms with Gasteiger partial charge < -0.3 is 14.4 Å². The minimum Gasteiger partial charge on any atom is -0.493 e. The maximum Gasteiger partial charge on any atom is 0.283 e. The number of amides is 4. The van der Waals surface area contributed by atoms with Crippen molar-refractivity contribution in [3.05, 3.63) is 82.2 Å². The summed E-state index contributed by atoms with van der Waals surface area (Å²) in [5, 5.41) is 0. The van der Waals surface area contributed by atoms with Crippen molar-refractivity contribution in [2.75, 3.05) is 12.0 Å². The van der Waals surface area contributed by atoms with Gasteiger partial charge in [-0.15, -0.1) is 0 Å². The molecule has 4 amide bonds. The second-order valence-corrected chi connectivity index (χ2v) is 10.4. The van der Waals surface area contributed by atoms with Crippen molar-refractivity contribution in [3.63, 3.8) is 0 Å². The summed E-state index contributed by atoms with van der Waals surface area (Å²) >= 11 is 0. The Bertz CT molecular complexity index is 1600. The molecule has 0 radical (unpaired) electrons. The van der Waals surface area contributed by atoms with Gasteiger partial charge in [-0.3, -0.25) is 34.5 Å². The first-order chi connectivity index (χ1) is 19.8. The Morgan fingerprint density at radius 2 is 1.73 bits per heavy atom. The van der Waals surface area contributed by atoms with Gasteiger partial charge in [-0.25, -0.2) is 5.84 Å². The Balaban J connectivity index is 1.24. The molecule has 1 aromatic heterocycles. The molecule has 1 atom stereocenters. The molecule has 0 bridgehead atoms. The minimum absolute atomic E-state index is 0.0690. The zero-order valence-corrected chi connectivity index (χ0v) is 22.7. The van der Waals surface area contributed by atoms with Gasteiger partial charge in [-0.2, -0.15) is 0 Å². The van der Waals surface area contributed by atoms with Crippen LogP contribution in [0.3, 0.4) is 0 Å². The highest BCUT2D eigenvalue weighted by atomic mass is 16.5. The van der Waals surface area contributed by atoms with Gasteiger partial charge in [-0.1, -0.05) is 12.1 Å². The molecule has 3 heterocycles. The van der Waals surface area contributed by atoms with E-state index in [0.717, 1.165) is 36.1 Å². The third-order valence-corrected chi connectivity index (χ3v) is 8.03. The van der Waals surface area contributed by atoms with Gasteiger partial charge in [0, 0.05) is 23.5 Å². The van der Waals surface area contributed by atoms with Crippen molar-refractivity contribution < 1.29 is 28.7 Å². The molecule has 3 aliphatic rings. The van der Waals surface area contributed by atoms with Gasteiger partial charge in [0.2, 0.25) is 0 Å². The minimum atomic E-state index is -0.672. The first-order valence-corrected chi connectivity index (χ1v) is 13.5. The molecule has 2 aromatic carbocycles. The Kier molecular flexibility index (Phi) is 6.66. The highest BCUT2D eigenvalue weighted by Crippen LogP contribution is 2.39. The summed E-state index contributed by atoms with van der Waals surface area (Å²) in [7, 11) is 1.59. The van der Waals surface area contributed by atoms with Crippen molar-refractivity contribution in [2.45, 2.75) is 51.3 Å². The topological polar surface area (TPSA) is 144 Å². The van der Waals surface area contributed by atoms with Gasteiger partial charge >= 0.3 is 0 Å². The molecule has 11 heteroatoms. The first-order valence-electron chi connectivity index (χ1n) is 13.5. The normalized spacial score (nSPS) is 17.1. The number of hydrogen-bond donors (Lipinski definition) is 2. The Hall–Kier alpha value is -4.77. The SMILES string of the molecule is COc1ccc(N2Cc3ccc(C(C)N4C(=O)c5cnc(C(=O)NN)cc5C4=O)cc3C2=O)cc1OC1CCCC1. The molecule has 0 saturated heterocycles. The monoisotopic (exact) mass is 555 g/mol. The van der Waals surface area contributed by atoms with Crippen LogP contribution < -0.4 is 25.6 Å². The van der Waals surface area contributed by atoms with E-state index in [1.165, 1.54) is 12.3 Å². The van der Waals surface area contributed by atoms with E-state index in [-0.39, 0.29) is 28.8 Å². The van der Waals surface area contributed by atoms with Crippen LogP contribution >= 0.6 is 0 Å². The van der Waals surface area contributed by atoms with Crippen LogP contribution in [0.25, 0.3) is 0 Å². The van der Waals surface area contributed by atoms with Gasteiger partial charge in [0.15, 0.2) is 11.5 Å². The van der Waals surface area contributed by atoms with E-state index in [0.29, 0.717) is 34.9 Å². The van der Waals surface area contributed by atoms with Crippen LogP contribution in [-0.4, -0.2) is 46.7 Å². The lowest BCUT2D eigenvalue weighted by Gasteiger charge is -2.23. The summed E-state index contributed by atoms with van der Waals surface area (Å²) in [6, 6.07) is 11.5. The summed E-state index contributed by atoms with van der Waals surface area (Å²) in [6.45, 7) is 2.10. The number of ether oxygens (including phenoxy) is 2. The quantitative estimate of drug-likeness (QED) is 0.195. The van der Waals surface area contributed by atoms with Crippen LogP contribution in [0.15, 0.2) is 48.7 Å². The second kappa shape index (κ2) is 10.3. The molecule has 1 unspecified atom stereocenters. The standard InChI is InChI=1S/C30H29N5O6/c1-16(35-29(38)22-13-24(27(36)33-31)32-14-23(22)30(35)39)17-7-8-18-15-34(28(37)21(18)11-17)19-9-10-25(40-2)26(12-19)41-20-5-3-4-6-20/h7-14,16,20H,3-6,15,31H2,1-2H3,(H,33,36). The van der Waals surface area contributed by atoms with Crippen LogP contribution in [0.5, 0.6) is 11.5 Å². The Morgan fingerprint density at radius 1 is 0.976 bits per heavy atom. The lowest BCUT2D eigenvalue weighted by molar-refractivity contribution is 0.0595. The van der Waals surface area contributed by atoms with E-state index in [9.17, 15) is 19.2 Å². The molecule has 6 rings (SSSR count). The molecule has 11 nitrogen and oxygen atoms in total. The lowest BCUT2D eigenvalue weighted by atomic mass is 10.0. The molecule has 1 fully saturated rings. The average Bonchev–Trinajstić information content (AvgIpc) is 3.69. The Morgan fingerprint density at radius 3 is 2.46 bits per heavy atom. The third-order valence-electron chi connectivity index (χ3n) is 8.03. The van der Waals surface area contributed by atoms with Crippen molar-refractivity contribution in [2.24, 2.45) is 5.84 Å². The van der Waals surface area contributed by atoms with E-state index in [1.54, 1.807) is 25.0 Å². The molecular weight excluding hydrogens is 526 g/mol. The number of aromatic nitrogens is 1. The fourth-order valence-electron chi connectivity index (χ4n) is 5.75. The molecule has 41 heavy (non-hydrogen) atoms. The van der Waals surface area contributed by atoms with Crippen molar-refractivity contribution in [1.29, 1.82) is 0 Å². The highest BCUT2D eigenvalue weighted by Gasteiger charge is 2.40. The van der Waals surface area contributed by atoms with Crippen LogP contribution in [0.4, 0.5) is 5.69 Å². The molecule has 1 saturated carbocycles. The van der Waals surface area contributed by atoms with Crippen molar-refractivity contribution in [1.82, 2.24) is 15.3 Å². The molecule has 1 aliphatic carbocycles. The van der Waals surface area contributed by atoms with Crippen LogP contribution in [-0.2, 0) is 6.54 Å². The predicted molar refractivity (Wildman–Crippen MR) is 148 cm³/mol. The van der Waals surface area contributed by atoms with E-state index in [4.69, 9.17) is 15.3 Å². The van der Waals surface area contributed by atoms with E-state index in [2.05, 4.69) is 4.98 Å². The molecule has 2 aliphatic heterocycles. The summed E-state index contributed by atoms with van der Waals surface area (Å²) in [6.07, 6.45) is 5.61. The summed E-state index contributed by atoms with van der Waals surface area (Å²) in [5.41, 5.74) is 4.74. The number of methoxy groups -OCH3 is 1. The highest BCUT2D eigenvalue weighted by molar-refractivity contribution is 6.22. The lowest BCUT2D eigenvalue weighted by Crippen LogP contribution is -2.32. The third kappa shape index (κ3) is 4.48. The number of nitrogen functional groups attached to an aromatic ring is 1. The first kappa shape index (κ1) is 26.5. The number of rotatable bonds is 7. The van der Waals surface area contributed by atoms with Crippen molar-refractivity contribution in [3.8, 4) is 11.5 Å². The van der Waals surface area contributed by atoms with E-state index < -0.39 is 23.8 Å². The Labute approximate surface area is 236 Å². The fraction of sp³-hybridized carbons (Fsp3) is 0.300. The number of imide groups is 1. The molecule has 3 N–H and O–H groups in total. The zero-order valence-electron chi connectivity index (χ0n) is 22.7. The number of anilines is 1. The number of nitrogens with two attached hydrogens (primary N) is 1. The van der Waals surface area contributed by atoms with Crippen LogP contribution in [0.2, 0.25) is 0 Å². The number of hydrogen-bond acceptors (Lipinski definition) is 8. The molecule has 3 aromatic rings. The number of hydrazine groups is 1. The summed E-state index contributed by atoms with van der Waals surface area (Å²) < 4.78 is 11.7. The summed E-state index contributed by atoms with van der Waals surface area (Å²) in [4.78, 5) is 58.6.